The topological polar surface area (TPSA) is 95.5 Å². The maximum atomic E-state index is 12.2. The number of rotatable bonds is 7. The van der Waals surface area contributed by atoms with Crippen LogP contribution in [-0.2, 0) is 4.79 Å². The number of fused-ring (bicyclic) bond motifs is 3. The maximum Gasteiger partial charge on any atom is 0.296 e. The van der Waals surface area contributed by atoms with Crippen molar-refractivity contribution in [1.82, 2.24) is 19.9 Å². The normalized spacial score (nSPS) is 22.7. The Morgan fingerprint density at radius 2 is 2.06 bits per heavy atom. The molecule has 4 heterocycles. The van der Waals surface area contributed by atoms with E-state index >= 15 is 0 Å². The fourth-order valence-electron chi connectivity index (χ4n) is 6.27. The number of carbonyl (C=O) groups excluding carboxylic acids is 1. The molecule has 2 bridgehead atoms. The van der Waals surface area contributed by atoms with Gasteiger partial charge < -0.3 is 15.0 Å². The van der Waals surface area contributed by atoms with Gasteiger partial charge in [-0.15, -0.1) is 6.42 Å². The standard InChI is InChI=1S/C28H30N6O2/c1-4-11-28(32-26(35)5-2)21-8-9-22(28)17-33(16-21)25-10-7-19(14-30-25)24-12-23(36-6-3)18-34-27(24)20(13-29)15-31-34/h2,7,10,12,14-15,18,21-22H,4,6,8-9,11,16-17H2,1,3H3,(H,32,35). The first-order valence-electron chi connectivity index (χ1n) is 12.6. The molecule has 2 aliphatic rings. The highest BCUT2D eigenvalue weighted by molar-refractivity contribution is 5.93. The molecule has 2 atom stereocenters. The summed E-state index contributed by atoms with van der Waals surface area (Å²) >= 11 is 0. The summed E-state index contributed by atoms with van der Waals surface area (Å²) in [7, 11) is 0. The molecule has 2 fully saturated rings. The van der Waals surface area contributed by atoms with E-state index in [-0.39, 0.29) is 11.4 Å². The van der Waals surface area contributed by atoms with Crippen molar-refractivity contribution in [2.24, 2.45) is 11.8 Å². The van der Waals surface area contributed by atoms with Crippen LogP contribution in [0.4, 0.5) is 5.82 Å². The van der Waals surface area contributed by atoms with E-state index in [4.69, 9.17) is 16.1 Å². The van der Waals surface area contributed by atoms with Crippen molar-refractivity contribution in [3.8, 4) is 35.3 Å². The van der Waals surface area contributed by atoms with Crippen LogP contribution in [0, 0.1) is 35.5 Å². The van der Waals surface area contributed by atoms with Gasteiger partial charge in [0.25, 0.3) is 5.91 Å². The molecule has 36 heavy (non-hydrogen) atoms. The molecular formula is C28H30N6O2. The number of aromatic nitrogens is 3. The summed E-state index contributed by atoms with van der Waals surface area (Å²) in [5, 5.41) is 17.1. The number of terminal acetylenes is 1. The molecule has 1 amide bonds. The second-order valence-electron chi connectivity index (χ2n) is 9.66. The van der Waals surface area contributed by atoms with Crippen LogP contribution < -0.4 is 15.0 Å². The largest absolute Gasteiger partial charge is 0.492 e. The number of anilines is 1. The van der Waals surface area contributed by atoms with Gasteiger partial charge in [0.2, 0.25) is 0 Å². The molecular weight excluding hydrogens is 452 g/mol. The number of amides is 1. The third-order valence-corrected chi connectivity index (χ3v) is 7.74. The lowest BCUT2D eigenvalue weighted by atomic mass is 9.73. The smallest absolute Gasteiger partial charge is 0.296 e. The Bertz CT molecular complexity index is 1350. The quantitative estimate of drug-likeness (QED) is 0.515. The van der Waals surface area contributed by atoms with Crippen molar-refractivity contribution in [2.75, 3.05) is 24.6 Å². The van der Waals surface area contributed by atoms with Crippen molar-refractivity contribution >= 4 is 17.2 Å². The van der Waals surface area contributed by atoms with Crippen molar-refractivity contribution < 1.29 is 9.53 Å². The summed E-state index contributed by atoms with van der Waals surface area (Å²) < 4.78 is 7.42. The third-order valence-electron chi connectivity index (χ3n) is 7.74. The van der Waals surface area contributed by atoms with Gasteiger partial charge in [-0.2, -0.15) is 10.4 Å². The fraction of sp³-hybridized carbons (Fsp3) is 0.429. The Hall–Kier alpha value is -4.04. The minimum Gasteiger partial charge on any atom is -0.492 e. The van der Waals surface area contributed by atoms with E-state index in [2.05, 4.69) is 34.2 Å². The molecule has 1 saturated carbocycles. The highest BCUT2D eigenvalue weighted by atomic mass is 16.5. The Morgan fingerprint density at radius 1 is 1.28 bits per heavy atom. The summed E-state index contributed by atoms with van der Waals surface area (Å²) in [4.78, 5) is 19.3. The van der Waals surface area contributed by atoms with Gasteiger partial charge in [0.05, 0.1) is 30.1 Å². The average Bonchev–Trinajstić information content (AvgIpc) is 3.35. The second-order valence-corrected chi connectivity index (χ2v) is 9.66. The molecule has 1 saturated heterocycles. The number of nitriles is 1. The predicted octanol–water partition coefficient (Wildman–Crippen LogP) is 3.80. The van der Waals surface area contributed by atoms with Gasteiger partial charge in [0, 0.05) is 36.0 Å². The van der Waals surface area contributed by atoms with E-state index in [9.17, 15) is 10.1 Å². The van der Waals surface area contributed by atoms with Gasteiger partial charge in [-0.3, -0.25) is 4.79 Å². The highest BCUT2D eigenvalue weighted by Crippen LogP contribution is 2.48. The van der Waals surface area contributed by atoms with Gasteiger partial charge in [0.15, 0.2) is 0 Å². The summed E-state index contributed by atoms with van der Waals surface area (Å²) in [6.45, 7) is 6.29. The lowest BCUT2D eigenvalue weighted by molar-refractivity contribution is -0.119. The van der Waals surface area contributed by atoms with Crippen LogP contribution in [0.3, 0.4) is 0 Å². The van der Waals surface area contributed by atoms with E-state index < -0.39 is 0 Å². The van der Waals surface area contributed by atoms with Crippen LogP contribution in [0.25, 0.3) is 16.6 Å². The van der Waals surface area contributed by atoms with Crippen LogP contribution in [0.15, 0.2) is 36.8 Å². The third kappa shape index (κ3) is 3.93. The monoisotopic (exact) mass is 482 g/mol. The molecule has 1 N–H and O–H groups in total. The van der Waals surface area contributed by atoms with Gasteiger partial charge in [-0.05, 0) is 62.1 Å². The molecule has 1 aliphatic carbocycles. The number of nitrogens with zero attached hydrogens (tertiary/aromatic N) is 5. The number of hydrogen-bond donors (Lipinski definition) is 1. The minimum absolute atomic E-state index is 0.227. The Kier molecular flexibility index (Phi) is 6.28. The molecule has 1 aliphatic heterocycles. The Labute approximate surface area is 211 Å². The van der Waals surface area contributed by atoms with E-state index in [1.807, 2.05) is 31.3 Å². The molecule has 5 rings (SSSR count). The first kappa shape index (κ1) is 23.7. The number of nitrogens with one attached hydrogen (secondary N) is 1. The molecule has 0 spiro atoms. The molecule has 184 valence electrons. The Balaban J connectivity index is 1.43. The number of piperidine rings is 1. The summed E-state index contributed by atoms with van der Waals surface area (Å²) in [5.41, 5.74) is 2.76. The van der Waals surface area contributed by atoms with Crippen molar-refractivity contribution in [3.05, 3.63) is 42.4 Å². The van der Waals surface area contributed by atoms with Crippen LogP contribution in [-0.4, -0.2) is 45.7 Å². The van der Waals surface area contributed by atoms with Gasteiger partial charge >= 0.3 is 0 Å². The molecule has 3 aromatic heterocycles. The zero-order valence-corrected chi connectivity index (χ0v) is 20.7. The molecule has 0 radical (unpaired) electrons. The zero-order valence-electron chi connectivity index (χ0n) is 20.7. The maximum absolute atomic E-state index is 12.2. The van der Waals surface area contributed by atoms with E-state index in [1.54, 1.807) is 16.9 Å². The van der Waals surface area contributed by atoms with Crippen molar-refractivity contribution in [1.29, 1.82) is 5.26 Å². The van der Waals surface area contributed by atoms with E-state index in [0.29, 0.717) is 29.8 Å². The van der Waals surface area contributed by atoms with E-state index in [1.165, 1.54) is 0 Å². The zero-order chi connectivity index (χ0) is 25.3. The van der Waals surface area contributed by atoms with E-state index in [0.717, 1.165) is 61.2 Å². The summed E-state index contributed by atoms with van der Waals surface area (Å²) in [5.74, 6) is 4.21. The van der Waals surface area contributed by atoms with Crippen LogP contribution in [0.5, 0.6) is 5.75 Å². The number of hydrogen-bond acceptors (Lipinski definition) is 6. The first-order chi connectivity index (χ1) is 17.5. The lowest BCUT2D eigenvalue weighted by Crippen LogP contribution is -2.63. The first-order valence-corrected chi connectivity index (χ1v) is 12.6. The highest BCUT2D eigenvalue weighted by Gasteiger charge is 2.54. The fourth-order valence-corrected chi connectivity index (χ4v) is 6.27. The van der Waals surface area contributed by atoms with Crippen LogP contribution >= 0.6 is 0 Å². The van der Waals surface area contributed by atoms with Crippen molar-refractivity contribution in [3.63, 3.8) is 0 Å². The van der Waals surface area contributed by atoms with Gasteiger partial charge in [-0.25, -0.2) is 9.50 Å². The predicted molar refractivity (Wildman–Crippen MR) is 137 cm³/mol. The minimum atomic E-state index is -0.312. The summed E-state index contributed by atoms with van der Waals surface area (Å²) in [6.07, 6.45) is 14.7. The molecule has 8 nitrogen and oxygen atoms in total. The number of carbonyl (C=O) groups is 1. The summed E-state index contributed by atoms with van der Waals surface area (Å²) in [6, 6.07) is 8.24. The second kappa shape index (κ2) is 9.54. The lowest BCUT2D eigenvalue weighted by Gasteiger charge is -2.48. The van der Waals surface area contributed by atoms with Crippen LogP contribution in [0.1, 0.15) is 45.1 Å². The molecule has 2 unspecified atom stereocenters. The number of pyridine rings is 2. The SMILES string of the molecule is C#CC(=O)NC1(CCC)C2CCC1CN(c1ccc(-c3cc(OCC)cn4ncc(C#N)c34)cn1)C2. The molecule has 3 aromatic rings. The average molecular weight is 483 g/mol. The van der Waals surface area contributed by atoms with Crippen molar-refractivity contribution in [2.45, 2.75) is 45.1 Å². The molecule has 8 heteroatoms. The van der Waals surface area contributed by atoms with Gasteiger partial charge in [-0.1, -0.05) is 13.3 Å². The van der Waals surface area contributed by atoms with Gasteiger partial charge in [0.1, 0.15) is 17.6 Å². The molecule has 0 aromatic carbocycles. The van der Waals surface area contributed by atoms with Crippen LogP contribution in [0.2, 0.25) is 0 Å². The Morgan fingerprint density at radius 3 is 2.67 bits per heavy atom. The number of ether oxygens (including phenoxy) is 1.